The first-order chi connectivity index (χ1) is 11.9. The second-order valence-corrected chi connectivity index (χ2v) is 7.74. The smallest absolute Gasteiger partial charge is 0.310 e. The second kappa shape index (κ2) is 6.72. The standard InChI is InChI=1S/C17H18N2O5S/c1-12(17(20)21)16-8-7-15(18-24-16)13-9-10-19(11-13)25(22,23)14-5-3-2-4-6-14/h2-6,9-12,16H,7-8H2,1H3,(H,20,21). The van der Waals surface area contributed by atoms with Crippen LogP contribution in [0.3, 0.4) is 0 Å². The third kappa shape index (κ3) is 3.43. The Morgan fingerprint density at radius 3 is 2.64 bits per heavy atom. The molecule has 0 amide bonds. The number of nitrogens with zero attached hydrogens (tertiary/aromatic N) is 2. The van der Waals surface area contributed by atoms with Gasteiger partial charge >= 0.3 is 5.97 Å². The van der Waals surface area contributed by atoms with Gasteiger partial charge in [-0.25, -0.2) is 12.4 Å². The zero-order valence-corrected chi connectivity index (χ0v) is 14.4. The molecule has 2 unspecified atom stereocenters. The number of carbonyl (C=O) groups is 1. The molecule has 0 spiro atoms. The maximum Gasteiger partial charge on any atom is 0.310 e. The molecule has 132 valence electrons. The lowest BCUT2D eigenvalue weighted by Crippen LogP contribution is -2.30. The number of carboxylic acid groups (broad SMARTS) is 1. The summed E-state index contributed by atoms with van der Waals surface area (Å²) in [4.78, 5) is 16.5. The molecule has 0 saturated heterocycles. The van der Waals surface area contributed by atoms with Gasteiger partial charge in [0.05, 0.1) is 16.5 Å². The Labute approximate surface area is 145 Å². The molecule has 1 aromatic heterocycles. The van der Waals surface area contributed by atoms with Crippen molar-refractivity contribution in [3.63, 3.8) is 0 Å². The monoisotopic (exact) mass is 362 g/mol. The molecule has 3 rings (SSSR count). The molecule has 1 N–H and O–H groups in total. The average Bonchev–Trinajstić information content (AvgIpc) is 3.13. The highest BCUT2D eigenvalue weighted by Crippen LogP contribution is 2.23. The maximum absolute atomic E-state index is 12.6. The van der Waals surface area contributed by atoms with Crippen LogP contribution in [0.25, 0.3) is 0 Å². The fraction of sp³-hybridized carbons (Fsp3) is 0.294. The lowest BCUT2D eigenvalue weighted by Gasteiger charge is -2.23. The van der Waals surface area contributed by atoms with Gasteiger partial charge in [-0.05, 0) is 38.0 Å². The van der Waals surface area contributed by atoms with Gasteiger partial charge < -0.3 is 9.94 Å². The van der Waals surface area contributed by atoms with Crippen LogP contribution in [0.4, 0.5) is 0 Å². The minimum Gasteiger partial charge on any atom is -0.481 e. The van der Waals surface area contributed by atoms with Gasteiger partial charge in [-0.15, -0.1) is 0 Å². The highest BCUT2D eigenvalue weighted by Gasteiger charge is 2.29. The summed E-state index contributed by atoms with van der Waals surface area (Å²) in [6.45, 7) is 1.58. The van der Waals surface area contributed by atoms with E-state index in [9.17, 15) is 13.2 Å². The number of benzene rings is 1. The molecule has 1 aliphatic rings. The summed E-state index contributed by atoms with van der Waals surface area (Å²) >= 11 is 0. The van der Waals surface area contributed by atoms with Gasteiger partial charge in [0.25, 0.3) is 10.0 Å². The largest absolute Gasteiger partial charge is 0.481 e. The normalized spacial score (nSPS) is 18.9. The second-order valence-electron chi connectivity index (χ2n) is 5.90. The van der Waals surface area contributed by atoms with E-state index in [2.05, 4.69) is 5.16 Å². The van der Waals surface area contributed by atoms with Crippen molar-refractivity contribution in [3.05, 3.63) is 54.4 Å². The first-order valence-corrected chi connectivity index (χ1v) is 9.28. The third-order valence-corrected chi connectivity index (χ3v) is 5.88. The van der Waals surface area contributed by atoms with E-state index < -0.39 is 28.0 Å². The molecule has 0 aliphatic carbocycles. The number of aromatic nitrogens is 1. The van der Waals surface area contributed by atoms with Gasteiger partial charge in [-0.1, -0.05) is 23.4 Å². The fourth-order valence-corrected chi connectivity index (χ4v) is 3.84. The quantitative estimate of drug-likeness (QED) is 0.880. The predicted octanol–water partition coefficient (Wildman–Crippen LogP) is 2.33. The molecule has 0 fully saturated rings. The Hall–Kier alpha value is -2.61. The topological polar surface area (TPSA) is 98.0 Å². The molecule has 2 atom stereocenters. The van der Waals surface area contributed by atoms with E-state index in [-0.39, 0.29) is 4.90 Å². The van der Waals surface area contributed by atoms with Crippen LogP contribution in [0.5, 0.6) is 0 Å². The van der Waals surface area contributed by atoms with Crippen molar-refractivity contribution >= 4 is 21.7 Å². The van der Waals surface area contributed by atoms with Gasteiger partial charge in [-0.2, -0.15) is 0 Å². The first kappa shape index (κ1) is 17.2. The zero-order chi connectivity index (χ0) is 18.0. The number of aliphatic carboxylic acids is 1. The molecule has 7 nitrogen and oxygen atoms in total. The molecular formula is C17H18N2O5S. The number of hydrogen-bond acceptors (Lipinski definition) is 5. The van der Waals surface area contributed by atoms with Crippen molar-refractivity contribution in [2.75, 3.05) is 0 Å². The van der Waals surface area contributed by atoms with Gasteiger partial charge in [0.2, 0.25) is 0 Å². The van der Waals surface area contributed by atoms with E-state index in [1.165, 1.54) is 24.5 Å². The summed E-state index contributed by atoms with van der Waals surface area (Å²) in [7, 11) is -3.65. The number of rotatable bonds is 5. The van der Waals surface area contributed by atoms with Crippen LogP contribution in [0.2, 0.25) is 0 Å². The third-order valence-electron chi connectivity index (χ3n) is 4.23. The first-order valence-electron chi connectivity index (χ1n) is 7.84. The molecule has 8 heteroatoms. The lowest BCUT2D eigenvalue weighted by atomic mass is 9.97. The van der Waals surface area contributed by atoms with Crippen LogP contribution in [0.1, 0.15) is 25.3 Å². The van der Waals surface area contributed by atoms with E-state index in [0.717, 1.165) is 3.97 Å². The highest BCUT2D eigenvalue weighted by molar-refractivity contribution is 7.90. The van der Waals surface area contributed by atoms with E-state index >= 15 is 0 Å². The SMILES string of the molecule is CC(C(=O)O)C1CCC(c2ccn(S(=O)(=O)c3ccccc3)c2)=NO1. The molecule has 0 radical (unpaired) electrons. The van der Waals surface area contributed by atoms with E-state index in [1.54, 1.807) is 31.2 Å². The van der Waals surface area contributed by atoms with Crippen molar-refractivity contribution in [1.82, 2.24) is 3.97 Å². The minimum atomic E-state index is -3.65. The van der Waals surface area contributed by atoms with Crippen molar-refractivity contribution in [2.45, 2.75) is 30.8 Å². The lowest BCUT2D eigenvalue weighted by molar-refractivity contribution is -0.147. The van der Waals surface area contributed by atoms with Gasteiger partial charge in [0, 0.05) is 18.0 Å². The molecule has 25 heavy (non-hydrogen) atoms. The van der Waals surface area contributed by atoms with Gasteiger partial charge in [-0.3, -0.25) is 4.79 Å². The summed E-state index contributed by atoms with van der Waals surface area (Å²) in [6, 6.07) is 9.81. The molecule has 0 saturated carbocycles. The summed E-state index contributed by atoms with van der Waals surface area (Å²) in [5, 5.41) is 13.0. The summed E-state index contributed by atoms with van der Waals surface area (Å²) in [5.74, 6) is -1.57. The van der Waals surface area contributed by atoms with E-state index in [4.69, 9.17) is 9.94 Å². The van der Waals surface area contributed by atoms with Crippen LogP contribution in [-0.2, 0) is 19.7 Å². The fourth-order valence-electron chi connectivity index (χ4n) is 2.62. The highest BCUT2D eigenvalue weighted by atomic mass is 32.2. The summed E-state index contributed by atoms with van der Waals surface area (Å²) in [6.07, 6.45) is 3.52. The van der Waals surface area contributed by atoms with Crippen molar-refractivity contribution in [2.24, 2.45) is 11.1 Å². The number of oxime groups is 1. The summed E-state index contributed by atoms with van der Waals surface area (Å²) in [5.41, 5.74) is 1.25. The van der Waals surface area contributed by atoms with Crippen LogP contribution in [0.15, 0.2) is 58.8 Å². The van der Waals surface area contributed by atoms with Crippen LogP contribution in [0, 0.1) is 5.92 Å². The Morgan fingerprint density at radius 2 is 2.04 bits per heavy atom. The van der Waals surface area contributed by atoms with Crippen molar-refractivity contribution in [3.8, 4) is 0 Å². The Kier molecular flexibility index (Phi) is 4.63. The number of hydrogen-bond donors (Lipinski definition) is 1. The molecular weight excluding hydrogens is 344 g/mol. The number of carboxylic acids is 1. The van der Waals surface area contributed by atoms with Crippen LogP contribution in [-0.4, -0.2) is 35.3 Å². The zero-order valence-electron chi connectivity index (χ0n) is 13.6. The molecule has 2 aromatic rings. The van der Waals surface area contributed by atoms with Gasteiger partial charge in [0.1, 0.15) is 6.10 Å². The molecule has 1 aliphatic heterocycles. The van der Waals surface area contributed by atoms with E-state index in [0.29, 0.717) is 24.1 Å². The van der Waals surface area contributed by atoms with Crippen molar-refractivity contribution < 1.29 is 23.2 Å². The Balaban J connectivity index is 1.80. The summed E-state index contributed by atoms with van der Waals surface area (Å²) < 4.78 is 26.3. The van der Waals surface area contributed by atoms with Crippen LogP contribution < -0.4 is 0 Å². The van der Waals surface area contributed by atoms with Crippen LogP contribution >= 0.6 is 0 Å². The van der Waals surface area contributed by atoms with Gasteiger partial charge in [0.15, 0.2) is 0 Å². The molecule has 2 heterocycles. The Bertz CT molecular complexity index is 902. The maximum atomic E-state index is 12.6. The molecule has 0 bridgehead atoms. The predicted molar refractivity (Wildman–Crippen MR) is 90.9 cm³/mol. The Morgan fingerprint density at radius 1 is 1.32 bits per heavy atom. The van der Waals surface area contributed by atoms with Crippen molar-refractivity contribution in [1.29, 1.82) is 0 Å². The average molecular weight is 362 g/mol. The molecule has 1 aromatic carbocycles. The van der Waals surface area contributed by atoms with E-state index in [1.807, 2.05) is 0 Å². The minimum absolute atomic E-state index is 0.203.